The Morgan fingerprint density at radius 3 is 2.70 bits per heavy atom. The van der Waals surface area contributed by atoms with Crippen molar-refractivity contribution in [3.8, 4) is 17.0 Å². The number of halogens is 3. The number of carbonyl (C=O) groups is 2. The summed E-state index contributed by atoms with van der Waals surface area (Å²) in [5.74, 6) is -1.22. The van der Waals surface area contributed by atoms with Crippen LogP contribution < -0.4 is 15.8 Å². The summed E-state index contributed by atoms with van der Waals surface area (Å²) < 4.78 is 50.7. The minimum absolute atomic E-state index is 0.0345. The zero-order valence-electron chi connectivity index (χ0n) is 19.7. The van der Waals surface area contributed by atoms with Gasteiger partial charge in [0.1, 0.15) is 11.3 Å². The molecule has 0 spiro atoms. The number of nitrogens with two attached hydrogens (primary N) is 1. The number of hydrogen-bond acceptors (Lipinski definition) is 7. The highest BCUT2D eigenvalue weighted by Crippen LogP contribution is 2.42. The molecule has 0 bridgehead atoms. The largest absolute Gasteiger partial charge is 0.573 e. The smallest absolute Gasteiger partial charge is 0.405 e. The van der Waals surface area contributed by atoms with Crippen LogP contribution in [0.15, 0.2) is 24.4 Å². The number of alkyl halides is 3. The molecule has 1 saturated heterocycles. The summed E-state index contributed by atoms with van der Waals surface area (Å²) in [5.41, 5.74) is 7.08. The first kappa shape index (κ1) is 23.5. The molecule has 2 aliphatic heterocycles. The number of aromatic nitrogens is 3. The number of rotatable bonds is 6. The molecule has 194 valence electrons. The van der Waals surface area contributed by atoms with Crippen molar-refractivity contribution in [2.75, 3.05) is 18.9 Å². The quantitative estimate of drug-likeness (QED) is 0.516. The molecule has 3 N–H and O–H groups in total. The van der Waals surface area contributed by atoms with Crippen molar-refractivity contribution in [1.29, 1.82) is 0 Å². The number of benzene rings is 1. The van der Waals surface area contributed by atoms with E-state index in [9.17, 15) is 22.8 Å². The van der Waals surface area contributed by atoms with E-state index in [2.05, 4.69) is 20.1 Å². The lowest BCUT2D eigenvalue weighted by Gasteiger charge is -2.26. The summed E-state index contributed by atoms with van der Waals surface area (Å²) in [6.07, 6.45) is -1.50. The monoisotopic (exact) mass is 516 g/mol. The van der Waals surface area contributed by atoms with Gasteiger partial charge in [0.2, 0.25) is 0 Å². The van der Waals surface area contributed by atoms with Gasteiger partial charge in [-0.15, -0.1) is 18.3 Å². The van der Waals surface area contributed by atoms with E-state index in [-0.39, 0.29) is 46.9 Å². The molecule has 2 amide bonds. The SMILES string of the molecule is CC(C1CC1)N1Cc2cc(-c3ccn4nc(N)c(C(=O)NC5COC5)c4n3)cc(OC(F)(F)F)c2C1=O. The van der Waals surface area contributed by atoms with Crippen LogP contribution in [0.25, 0.3) is 16.9 Å². The van der Waals surface area contributed by atoms with Gasteiger partial charge in [0.05, 0.1) is 30.5 Å². The number of amides is 2. The van der Waals surface area contributed by atoms with E-state index in [1.807, 2.05) is 6.92 Å². The van der Waals surface area contributed by atoms with Gasteiger partial charge in [0.25, 0.3) is 11.8 Å². The predicted molar refractivity (Wildman–Crippen MR) is 124 cm³/mol. The van der Waals surface area contributed by atoms with E-state index >= 15 is 0 Å². The number of anilines is 1. The maximum absolute atomic E-state index is 13.3. The molecule has 3 aliphatic rings. The number of carbonyl (C=O) groups excluding carboxylic acids is 2. The number of hydrogen-bond donors (Lipinski definition) is 2. The van der Waals surface area contributed by atoms with Crippen molar-refractivity contribution in [2.24, 2.45) is 5.92 Å². The summed E-state index contributed by atoms with van der Waals surface area (Å²) in [6, 6.07) is 4.09. The Hall–Kier alpha value is -3.87. The van der Waals surface area contributed by atoms with Crippen molar-refractivity contribution in [1.82, 2.24) is 24.8 Å². The lowest BCUT2D eigenvalue weighted by atomic mass is 10.0. The van der Waals surface area contributed by atoms with E-state index < -0.39 is 23.9 Å². The molecule has 37 heavy (non-hydrogen) atoms. The summed E-state index contributed by atoms with van der Waals surface area (Å²) >= 11 is 0. The predicted octanol–water partition coefficient (Wildman–Crippen LogP) is 2.76. The Kier molecular flexibility index (Phi) is 5.30. The Balaban J connectivity index is 1.41. The molecule has 2 fully saturated rings. The molecular formula is C24H23F3N6O4. The first-order chi connectivity index (χ1) is 17.6. The van der Waals surface area contributed by atoms with Crippen LogP contribution in [0.3, 0.4) is 0 Å². The van der Waals surface area contributed by atoms with Crippen LogP contribution in [0.4, 0.5) is 19.0 Å². The number of nitrogen functional groups attached to an aromatic ring is 1. The Bertz CT molecular complexity index is 1430. The summed E-state index contributed by atoms with van der Waals surface area (Å²) in [4.78, 5) is 32.0. The fourth-order valence-corrected chi connectivity index (χ4v) is 4.86. The van der Waals surface area contributed by atoms with Gasteiger partial charge >= 0.3 is 6.36 Å². The van der Waals surface area contributed by atoms with Gasteiger partial charge in [0.15, 0.2) is 11.5 Å². The maximum Gasteiger partial charge on any atom is 0.573 e. The van der Waals surface area contributed by atoms with Crippen LogP contribution in [0.2, 0.25) is 0 Å². The van der Waals surface area contributed by atoms with Crippen LogP contribution in [0, 0.1) is 5.92 Å². The third kappa shape index (κ3) is 4.22. The Labute approximate surface area is 208 Å². The minimum Gasteiger partial charge on any atom is -0.405 e. The lowest BCUT2D eigenvalue weighted by Crippen LogP contribution is -2.48. The van der Waals surface area contributed by atoms with Crippen LogP contribution in [-0.4, -0.2) is 63.0 Å². The second-order valence-electron chi connectivity index (χ2n) is 9.62. The normalized spacial score (nSPS) is 18.6. The van der Waals surface area contributed by atoms with Crippen molar-refractivity contribution < 1.29 is 32.2 Å². The molecule has 0 radical (unpaired) electrons. The van der Waals surface area contributed by atoms with E-state index in [1.165, 1.54) is 10.7 Å². The average molecular weight is 516 g/mol. The zero-order chi connectivity index (χ0) is 26.1. The molecule has 1 unspecified atom stereocenters. The Morgan fingerprint density at radius 2 is 2.05 bits per heavy atom. The van der Waals surface area contributed by atoms with Crippen LogP contribution in [-0.2, 0) is 11.3 Å². The van der Waals surface area contributed by atoms with Crippen molar-refractivity contribution in [3.05, 3.63) is 41.1 Å². The highest BCUT2D eigenvalue weighted by atomic mass is 19.4. The summed E-state index contributed by atoms with van der Waals surface area (Å²) in [6.45, 7) is 2.85. The standard InChI is InChI=1S/C24H23F3N6O4/c1-11(12-2-3-12)32-8-14-6-13(7-17(18(14)23(32)35)37-24(25,26)27)16-4-5-33-21(30-16)19(20(28)31-33)22(34)29-15-9-36-10-15/h4-7,11-12,15H,2-3,8-10H2,1H3,(H2,28,31)(H,29,34). The Morgan fingerprint density at radius 1 is 1.30 bits per heavy atom. The highest BCUT2D eigenvalue weighted by Gasteiger charge is 2.42. The molecule has 1 atom stereocenters. The fourth-order valence-electron chi connectivity index (χ4n) is 4.86. The van der Waals surface area contributed by atoms with Gasteiger partial charge in [-0.1, -0.05) is 0 Å². The van der Waals surface area contributed by atoms with Gasteiger partial charge in [-0.2, -0.15) is 0 Å². The van der Waals surface area contributed by atoms with Crippen molar-refractivity contribution >= 4 is 23.3 Å². The third-order valence-corrected chi connectivity index (χ3v) is 7.03. The lowest BCUT2D eigenvalue weighted by molar-refractivity contribution is -0.274. The molecule has 1 aliphatic carbocycles. The van der Waals surface area contributed by atoms with Gasteiger partial charge in [0, 0.05) is 24.3 Å². The molecule has 4 heterocycles. The molecule has 2 aromatic heterocycles. The number of fused-ring (bicyclic) bond motifs is 2. The molecule has 3 aromatic rings. The zero-order valence-corrected chi connectivity index (χ0v) is 19.7. The van der Waals surface area contributed by atoms with Crippen molar-refractivity contribution in [2.45, 2.75) is 44.8 Å². The number of ether oxygens (including phenoxy) is 2. The van der Waals surface area contributed by atoms with Crippen LogP contribution in [0.5, 0.6) is 5.75 Å². The van der Waals surface area contributed by atoms with Gasteiger partial charge in [-0.3, -0.25) is 9.59 Å². The molecule has 13 heteroatoms. The molecular weight excluding hydrogens is 493 g/mol. The first-order valence-corrected chi connectivity index (χ1v) is 11.9. The van der Waals surface area contributed by atoms with E-state index in [0.29, 0.717) is 30.3 Å². The van der Waals surface area contributed by atoms with Gasteiger partial charge < -0.3 is 25.4 Å². The van der Waals surface area contributed by atoms with E-state index in [4.69, 9.17) is 10.5 Å². The second-order valence-corrected chi connectivity index (χ2v) is 9.62. The van der Waals surface area contributed by atoms with E-state index in [1.54, 1.807) is 17.0 Å². The summed E-state index contributed by atoms with van der Waals surface area (Å²) in [7, 11) is 0. The van der Waals surface area contributed by atoms with Crippen LogP contribution in [0.1, 0.15) is 46.0 Å². The van der Waals surface area contributed by atoms with E-state index in [0.717, 1.165) is 18.9 Å². The molecule has 10 nitrogen and oxygen atoms in total. The second kappa shape index (κ2) is 8.33. The summed E-state index contributed by atoms with van der Waals surface area (Å²) in [5, 5.41) is 6.91. The van der Waals surface area contributed by atoms with Gasteiger partial charge in [-0.05, 0) is 49.4 Å². The number of nitrogens with one attached hydrogen (secondary N) is 1. The maximum atomic E-state index is 13.3. The molecule has 6 rings (SSSR count). The first-order valence-electron chi connectivity index (χ1n) is 11.9. The third-order valence-electron chi connectivity index (χ3n) is 7.03. The number of nitrogens with zero attached hydrogens (tertiary/aromatic N) is 4. The van der Waals surface area contributed by atoms with Crippen LogP contribution >= 0.6 is 0 Å². The highest BCUT2D eigenvalue weighted by molar-refractivity contribution is 6.05. The fraction of sp³-hybridized carbons (Fsp3) is 0.417. The van der Waals surface area contributed by atoms with Gasteiger partial charge in [-0.25, -0.2) is 9.50 Å². The average Bonchev–Trinajstić information content (AvgIpc) is 3.52. The molecule has 1 saturated carbocycles. The minimum atomic E-state index is -4.99. The van der Waals surface area contributed by atoms with Crippen molar-refractivity contribution in [3.63, 3.8) is 0 Å². The topological polar surface area (TPSA) is 124 Å². The molecule has 1 aromatic carbocycles.